The van der Waals surface area contributed by atoms with E-state index < -0.39 is 10.0 Å². The minimum absolute atomic E-state index is 0.336. The van der Waals surface area contributed by atoms with Gasteiger partial charge in [0.25, 0.3) is 0 Å². The number of piperidine rings is 1. The van der Waals surface area contributed by atoms with Crippen LogP contribution in [-0.4, -0.2) is 25.8 Å². The van der Waals surface area contributed by atoms with Gasteiger partial charge < -0.3 is 0 Å². The highest BCUT2D eigenvalue weighted by atomic mass is 79.9. The molecule has 1 aromatic rings. The molecule has 6 heteroatoms. The van der Waals surface area contributed by atoms with Crippen molar-refractivity contribution in [2.75, 3.05) is 13.1 Å². The third kappa shape index (κ3) is 2.90. The number of nitrogens with zero attached hydrogens (tertiary/aromatic N) is 1. The second kappa shape index (κ2) is 5.90. The highest BCUT2D eigenvalue weighted by Gasteiger charge is 2.26. The smallest absolute Gasteiger partial charge is 0.207 e. The van der Waals surface area contributed by atoms with Gasteiger partial charge in [0, 0.05) is 23.4 Å². The van der Waals surface area contributed by atoms with Crippen molar-refractivity contribution >= 4 is 37.6 Å². The Hall–Kier alpha value is -0.100. The van der Waals surface area contributed by atoms with E-state index in [1.54, 1.807) is 22.5 Å². The zero-order valence-corrected chi connectivity index (χ0v) is 13.1. The molecule has 0 saturated carbocycles. The standard InChI is InChI=1S/C12H15BrClNO2S/c13-9-10-8-11(4-5-12(10)14)18(16,17)15-6-2-1-3-7-15/h4-5,8H,1-3,6-7,9H2. The van der Waals surface area contributed by atoms with E-state index in [0.29, 0.717) is 28.3 Å². The molecule has 1 fully saturated rings. The molecule has 100 valence electrons. The molecule has 0 aromatic heterocycles. The first-order valence-corrected chi connectivity index (χ1v) is 8.84. The minimum atomic E-state index is -3.36. The van der Waals surface area contributed by atoms with Crippen molar-refractivity contribution in [1.29, 1.82) is 0 Å². The topological polar surface area (TPSA) is 37.4 Å². The predicted molar refractivity (Wildman–Crippen MR) is 76.7 cm³/mol. The van der Waals surface area contributed by atoms with E-state index in [2.05, 4.69) is 15.9 Å². The summed E-state index contributed by atoms with van der Waals surface area (Å²) in [4.78, 5) is 0.336. The van der Waals surface area contributed by atoms with Gasteiger partial charge in [-0.05, 0) is 36.6 Å². The Bertz CT molecular complexity index is 527. The molecule has 0 atom stereocenters. The monoisotopic (exact) mass is 351 g/mol. The molecule has 0 spiro atoms. The summed E-state index contributed by atoms with van der Waals surface area (Å²) in [5, 5.41) is 1.14. The molecule has 1 aliphatic rings. The van der Waals surface area contributed by atoms with E-state index in [0.717, 1.165) is 24.8 Å². The molecule has 3 nitrogen and oxygen atoms in total. The molecule has 0 aliphatic carbocycles. The summed E-state index contributed by atoms with van der Waals surface area (Å²) in [6, 6.07) is 4.88. The molecular formula is C12H15BrClNO2S. The SMILES string of the molecule is O=S(=O)(c1ccc(Cl)c(CBr)c1)N1CCCCC1. The summed E-state index contributed by atoms with van der Waals surface area (Å²) < 4.78 is 26.4. The van der Waals surface area contributed by atoms with E-state index >= 15 is 0 Å². The lowest BCUT2D eigenvalue weighted by Gasteiger charge is -2.26. The Morgan fingerprint density at radius 1 is 1.22 bits per heavy atom. The van der Waals surface area contributed by atoms with E-state index in [-0.39, 0.29) is 0 Å². The van der Waals surface area contributed by atoms with Crippen molar-refractivity contribution in [1.82, 2.24) is 4.31 Å². The Morgan fingerprint density at radius 2 is 1.89 bits per heavy atom. The largest absolute Gasteiger partial charge is 0.243 e. The van der Waals surface area contributed by atoms with E-state index in [1.807, 2.05) is 0 Å². The first-order valence-electron chi connectivity index (χ1n) is 5.90. The van der Waals surface area contributed by atoms with Crippen LogP contribution in [0.25, 0.3) is 0 Å². The number of hydrogen-bond donors (Lipinski definition) is 0. The average molecular weight is 353 g/mol. The van der Waals surface area contributed by atoms with Crippen LogP contribution in [0.3, 0.4) is 0 Å². The number of sulfonamides is 1. The first-order chi connectivity index (χ1) is 8.55. The Labute approximate surface area is 121 Å². The Morgan fingerprint density at radius 3 is 2.50 bits per heavy atom. The summed E-state index contributed by atoms with van der Waals surface area (Å²) in [6.45, 7) is 1.24. The van der Waals surface area contributed by atoms with Crippen LogP contribution in [0.5, 0.6) is 0 Å². The summed E-state index contributed by atoms with van der Waals surface area (Å²) in [5.74, 6) is 0. The molecule has 1 saturated heterocycles. The van der Waals surface area contributed by atoms with Crippen LogP contribution in [-0.2, 0) is 15.4 Å². The van der Waals surface area contributed by atoms with Crippen LogP contribution in [0.2, 0.25) is 5.02 Å². The number of benzene rings is 1. The Balaban J connectivity index is 2.34. The second-order valence-corrected chi connectivity index (χ2v) is 7.26. The predicted octanol–water partition coefficient (Wildman–Crippen LogP) is 3.41. The van der Waals surface area contributed by atoms with Gasteiger partial charge in [0.2, 0.25) is 10.0 Å². The second-order valence-electron chi connectivity index (χ2n) is 4.35. The summed E-state index contributed by atoms with van der Waals surface area (Å²) in [7, 11) is -3.36. The molecule has 18 heavy (non-hydrogen) atoms. The highest BCUT2D eigenvalue weighted by molar-refractivity contribution is 9.08. The van der Waals surface area contributed by atoms with Crippen molar-refractivity contribution in [3.63, 3.8) is 0 Å². The Kier molecular flexibility index (Phi) is 4.69. The third-order valence-corrected chi connectivity index (χ3v) is 5.98. The van der Waals surface area contributed by atoms with Gasteiger partial charge in [-0.1, -0.05) is 34.0 Å². The number of halogens is 2. The minimum Gasteiger partial charge on any atom is -0.207 e. The normalized spacial score (nSPS) is 17.9. The van der Waals surface area contributed by atoms with Crippen molar-refractivity contribution in [3.05, 3.63) is 28.8 Å². The quantitative estimate of drug-likeness (QED) is 0.782. The highest BCUT2D eigenvalue weighted by Crippen LogP contribution is 2.26. The first kappa shape index (κ1) is 14.3. The number of alkyl halides is 1. The van der Waals surface area contributed by atoms with E-state index in [9.17, 15) is 8.42 Å². The van der Waals surface area contributed by atoms with Gasteiger partial charge in [-0.2, -0.15) is 4.31 Å². The summed E-state index contributed by atoms with van der Waals surface area (Å²) in [5.41, 5.74) is 0.801. The maximum absolute atomic E-state index is 12.4. The van der Waals surface area contributed by atoms with Crippen LogP contribution in [0.4, 0.5) is 0 Å². The van der Waals surface area contributed by atoms with Crippen molar-refractivity contribution in [2.24, 2.45) is 0 Å². The maximum Gasteiger partial charge on any atom is 0.243 e. The number of hydrogen-bond acceptors (Lipinski definition) is 2. The van der Waals surface area contributed by atoms with Crippen LogP contribution < -0.4 is 0 Å². The van der Waals surface area contributed by atoms with Crippen molar-refractivity contribution in [2.45, 2.75) is 29.5 Å². The van der Waals surface area contributed by atoms with Crippen molar-refractivity contribution in [3.8, 4) is 0 Å². The van der Waals surface area contributed by atoms with Crippen LogP contribution in [0.1, 0.15) is 24.8 Å². The lowest BCUT2D eigenvalue weighted by Crippen LogP contribution is -2.35. The third-order valence-electron chi connectivity index (χ3n) is 3.11. The zero-order valence-electron chi connectivity index (χ0n) is 9.90. The molecule has 0 unspecified atom stereocenters. The lowest BCUT2D eigenvalue weighted by molar-refractivity contribution is 0.346. The molecule has 1 aromatic carbocycles. The fraction of sp³-hybridized carbons (Fsp3) is 0.500. The molecule has 1 heterocycles. The summed E-state index contributed by atoms with van der Waals surface area (Å²) in [6.07, 6.45) is 3.00. The molecule has 2 rings (SSSR count). The van der Waals surface area contributed by atoms with E-state index in [1.165, 1.54) is 0 Å². The van der Waals surface area contributed by atoms with Gasteiger partial charge >= 0.3 is 0 Å². The maximum atomic E-state index is 12.4. The molecule has 0 radical (unpaired) electrons. The fourth-order valence-electron chi connectivity index (χ4n) is 2.07. The number of rotatable bonds is 3. The molecular weight excluding hydrogens is 338 g/mol. The zero-order chi connectivity index (χ0) is 13.2. The van der Waals surface area contributed by atoms with Crippen molar-refractivity contribution < 1.29 is 8.42 Å². The van der Waals surface area contributed by atoms with Crippen LogP contribution in [0.15, 0.2) is 23.1 Å². The van der Waals surface area contributed by atoms with Gasteiger partial charge in [-0.25, -0.2) is 8.42 Å². The molecule has 0 bridgehead atoms. The van der Waals surface area contributed by atoms with Crippen LogP contribution in [0, 0.1) is 0 Å². The molecule has 0 N–H and O–H groups in total. The molecule has 0 amide bonds. The average Bonchev–Trinajstić information content (AvgIpc) is 2.40. The fourth-order valence-corrected chi connectivity index (χ4v) is 4.45. The summed E-state index contributed by atoms with van der Waals surface area (Å²) >= 11 is 9.31. The van der Waals surface area contributed by atoms with Gasteiger partial charge in [-0.3, -0.25) is 0 Å². The van der Waals surface area contributed by atoms with Gasteiger partial charge in [-0.15, -0.1) is 0 Å². The van der Waals surface area contributed by atoms with Gasteiger partial charge in [0.1, 0.15) is 0 Å². The van der Waals surface area contributed by atoms with Gasteiger partial charge in [0.15, 0.2) is 0 Å². The molecule has 1 aliphatic heterocycles. The lowest BCUT2D eigenvalue weighted by atomic mass is 10.2. The van der Waals surface area contributed by atoms with E-state index in [4.69, 9.17) is 11.6 Å². The van der Waals surface area contributed by atoms with Crippen LogP contribution >= 0.6 is 27.5 Å². The van der Waals surface area contributed by atoms with Gasteiger partial charge in [0.05, 0.1) is 4.90 Å².